The number of hydrogen-bond donors (Lipinski definition) is 2. The van der Waals surface area contributed by atoms with Crippen molar-refractivity contribution in [1.29, 1.82) is 0 Å². The molecule has 0 aromatic rings. The van der Waals surface area contributed by atoms with Gasteiger partial charge < -0.3 is 10.4 Å². The van der Waals surface area contributed by atoms with Crippen molar-refractivity contribution in [2.75, 3.05) is 13.2 Å². The van der Waals surface area contributed by atoms with Crippen LogP contribution in [-0.4, -0.2) is 42.2 Å². The summed E-state index contributed by atoms with van der Waals surface area (Å²) in [6, 6.07) is 0. The van der Waals surface area contributed by atoms with E-state index in [1.54, 1.807) is 6.08 Å². The molecule has 2 fully saturated rings. The van der Waals surface area contributed by atoms with Gasteiger partial charge in [-0.25, -0.2) is 9.78 Å². The molecule has 6 heteroatoms. The largest absolute Gasteiger partial charge is 0.395 e. The monoisotopic (exact) mass is 393 g/mol. The molecular weight excluding hydrogens is 358 g/mol. The summed E-state index contributed by atoms with van der Waals surface area (Å²) in [5.74, 6) is 0.742. The first-order valence-electron chi connectivity index (χ1n) is 10.7. The molecule has 0 spiro atoms. The van der Waals surface area contributed by atoms with Gasteiger partial charge in [-0.3, -0.25) is 9.59 Å². The molecule has 2 aliphatic rings. The molecule has 1 aliphatic heterocycles. The second kappa shape index (κ2) is 12.9. The SMILES string of the molecule is CCCCCC(=O)/C=C/[C@@H]1[C@@H](C/C=C\CCCC(=O)NCCO)[C@@H]2C[C@H]1OO2. The number of fused-ring (bicyclic) bond motifs is 2. The van der Waals surface area contributed by atoms with Crippen LogP contribution in [0.4, 0.5) is 0 Å². The van der Waals surface area contributed by atoms with E-state index in [0.29, 0.717) is 25.3 Å². The summed E-state index contributed by atoms with van der Waals surface area (Å²) in [5, 5.41) is 11.3. The normalized spacial score (nSPS) is 26.5. The van der Waals surface area contributed by atoms with Crippen molar-refractivity contribution in [3.05, 3.63) is 24.3 Å². The summed E-state index contributed by atoms with van der Waals surface area (Å²) in [4.78, 5) is 34.3. The zero-order chi connectivity index (χ0) is 20.2. The molecule has 158 valence electrons. The van der Waals surface area contributed by atoms with Crippen LogP contribution < -0.4 is 5.32 Å². The minimum absolute atomic E-state index is 0.0186. The van der Waals surface area contributed by atoms with Crippen LogP contribution in [0.3, 0.4) is 0 Å². The molecule has 4 atom stereocenters. The number of aliphatic hydroxyl groups excluding tert-OH is 1. The Hall–Kier alpha value is -1.50. The van der Waals surface area contributed by atoms with Gasteiger partial charge in [-0.05, 0) is 31.8 Å². The van der Waals surface area contributed by atoms with Gasteiger partial charge in [-0.15, -0.1) is 0 Å². The van der Waals surface area contributed by atoms with Crippen LogP contribution >= 0.6 is 0 Å². The molecule has 1 aliphatic carbocycles. The van der Waals surface area contributed by atoms with Crippen LogP contribution in [0.25, 0.3) is 0 Å². The van der Waals surface area contributed by atoms with E-state index >= 15 is 0 Å². The molecule has 2 rings (SSSR count). The highest BCUT2D eigenvalue weighted by Crippen LogP contribution is 2.44. The fourth-order valence-corrected chi connectivity index (χ4v) is 3.90. The molecule has 0 aromatic carbocycles. The molecule has 2 bridgehead atoms. The van der Waals surface area contributed by atoms with E-state index in [0.717, 1.165) is 44.9 Å². The van der Waals surface area contributed by atoms with Crippen LogP contribution in [0.2, 0.25) is 0 Å². The highest BCUT2D eigenvalue weighted by Gasteiger charge is 2.49. The lowest BCUT2D eigenvalue weighted by atomic mass is 9.89. The van der Waals surface area contributed by atoms with Gasteiger partial charge in [0, 0.05) is 37.6 Å². The maximum atomic E-state index is 12.0. The van der Waals surface area contributed by atoms with Crippen molar-refractivity contribution in [3.8, 4) is 0 Å². The Balaban J connectivity index is 1.72. The number of hydrogen-bond acceptors (Lipinski definition) is 5. The van der Waals surface area contributed by atoms with Crippen LogP contribution in [0, 0.1) is 11.8 Å². The van der Waals surface area contributed by atoms with Crippen LogP contribution in [0.5, 0.6) is 0 Å². The number of rotatable bonds is 14. The second-order valence-electron chi connectivity index (χ2n) is 7.70. The van der Waals surface area contributed by atoms with Crippen molar-refractivity contribution in [3.63, 3.8) is 0 Å². The van der Waals surface area contributed by atoms with Crippen LogP contribution in [-0.2, 0) is 19.4 Å². The topological polar surface area (TPSA) is 84.9 Å². The lowest BCUT2D eigenvalue weighted by Crippen LogP contribution is -2.28. The Morgan fingerprint density at radius 3 is 2.71 bits per heavy atom. The van der Waals surface area contributed by atoms with Crippen molar-refractivity contribution in [1.82, 2.24) is 5.32 Å². The predicted octanol–water partition coefficient (Wildman–Crippen LogP) is 3.25. The first-order chi connectivity index (χ1) is 13.7. The maximum absolute atomic E-state index is 12.0. The summed E-state index contributed by atoms with van der Waals surface area (Å²) >= 11 is 0. The van der Waals surface area contributed by atoms with Gasteiger partial charge in [0.2, 0.25) is 5.91 Å². The quantitative estimate of drug-likeness (QED) is 0.205. The molecule has 0 unspecified atom stereocenters. The number of aliphatic hydroxyl groups is 1. The summed E-state index contributed by atoms with van der Waals surface area (Å²) < 4.78 is 0. The molecule has 0 radical (unpaired) electrons. The van der Waals surface area contributed by atoms with Crippen molar-refractivity contribution < 1.29 is 24.5 Å². The van der Waals surface area contributed by atoms with E-state index in [1.165, 1.54) is 0 Å². The zero-order valence-electron chi connectivity index (χ0n) is 17.0. The average Bonchev–Trinajstić information content (AvgIpc) is 3.29. The number of unbranched alkanes of at least 4 members (excludes halogenated alkanes) is 3. The number of nitrogens with one attached hydrogen (secondary N) is 1. The number of amides is 1. The maximum Gasteiger partial charge on any atom is 0.220 e. The molecule has 28 heavy (non-hydrogen) atoms. The molecule has 1 heterocycles. The van der Waals surface area contributed by atoms with Gasteiger partial charge in [0.05, 0.1) is 12.7 Å². The molecular formula is C22H35NO5. The van der Waals surface area contributed by atoms with Gasteiger partial charge in [0.25, 0.3) is 0 Å². The number of ketones is 1. The highest BCUT2D eigenvalue weighted by atomic mass is 17.2. The Morgan fingerprint density at radius 1 is 1.11 bits per heavy atom. The summed E-state index contributed by atoms with van der Waals surface area (Å²) in [6.45, 7) is 2.43. The Labute approximate surface area is 168 Å². The minimum atomic E-state index is -0.0269. The lowest BCUT2D eigenvalue weighted by Gasteiger charge is -2.27. The third-order valence-electron chi connectivity index (χ3n) is 5.48. The number of allylic oxidation sites excluding steroid dienone is 3. The van der Waals surface area contributed by atoms with Crippen molar-refractivity contribution >= 4 is 11.7 Å². The second-order valence-corrected chi connectivity index (χ2v) is 7.70. The van der Waals surface area contributed by atoms with E-state index in [9.17, 15) is 9.59 Å². The standard InChI is InChI=1S/C22H35NO5/c1-2-3-6-9-17(25)12-13-19-18(20-16-21(19)28-27-20)10-7-4-5-8-11-22(26)23-14-15-24/h4,7,12-13,18-21,24H,2-3,5-6,8-11,14-16H2,1H3,(H,23,26)/b7-4-,13-12+/t18-,19-,20+,21-/m1/s1. The van der Waals surface area contributed by atoms with E-state index < -0.39 is 0 Å². The van der Waals surface area contributed by atoms with Crippen LogP contribution in [0.1, 0.15) is 64.7 Å². The Kier molecular flexibility index (Phi) is 10.5. The van der Waals surface area contributed by atoms with Gasteiger partial charge >= 0.3 is 0 Å². The Morgan fingerprint density at radius 2 is 1.93 bits per heavy atom. The fraction of sp³-hybridized carbons (Fsp3) is 0.727. The summed E-state index contributed by atoms with van der Waals surface area (Å²) in [6.07, 6.45) is 15.9. The molecule has 1 amide bonds. The molecule has 1 saturated heterocycles. The average molecular weight is 394 g/mol. The predicted molar refractivity (Wildman–Crippen MR) is 107 cm³/mol. The fourth-order valence-electron chi connectivity index (χ4n) is 3.90. The van der Waals surface area contributed by atoms with Crippen LogP contribution in [0.15, 0.2) is 24.3 Å². The zero-order valence-corrected chi connectivity index (χ0v) is 17.0. The third kappa shape index (κ3) is 7.49. The first-order valence-corrected chi connectivity index (χ1v) is 10.7. The molecule has 6 nitrogen and oxygen atoms in total. The minimum Gasteiger partial charge on any atom is -0.395 e. The highest BCUT2D eigenvalue weighted by molar-refractivity contribution is 5.89. The van der Waals surface area contributed by atoms with Crippen molar-refractivity contribution in [2.45, 2.75) is 76.9 Å². The van der Waals surface area contributed by atoms with E-state index in [1.807, 2.05) is 6.08 Å². The number of carbonyl (C=O) groups is 2. The molecule has 2 N–H and O–H groups in total. The van der Waals surface area contributed by atoms with Gasteiger partial charge in [0.1, 0.15) is 6.10 Å². The first kappa shape index (κ1) is 22.8. The van der Waals surface area contributed by atoms with Gasteiger partial charge in [-0.2, -0.15) is 0 Å². The summed E-state index contributed by atoms with van der Waals surface area (Å²) in [7, 11) is 0. The van der Waals surface area contributed by atoms with Crippen molar-refractivity contribution in [2.24, 2.45) is 11.8 Å². The van der Waals surface area contributed by atoms with E-state index in [2.05, 4.69) is 24.4 Å². The molecule has 0 aromatic heterocycles. The van der Waals surface area contributed by atoms with Gasteiger partial charge in [-0.1, -0.05) is 38.0 Å². The van der Waals surface area contributed by atoms with E-state index in [-0.39, 0.29) is 36.4 Å². The number of carbonyl (C=O) groups excluding carboxylic acids is 2. The van der Waals surface area contributed by atoms with E-state index in [4.69, 9.17) is 14.9 Å². The third-order valence-corrected chi connectivity index (χ3v) is 5.48. The smallest absolute Gasteiger partial charge is 0.220 e. The Bertz CT molecular complexity index is 545. The summed E-state index contributed by atoms with van der Waals surface area (Å²) in [5.41, 5.74) is 0. The van der Waals surface area contributed by atoms with Gasteiger partial charge in [0.15, 0.2) is 5.78 Å². The molecule has 1 saturated carbocycles. The lowest BCUT2D eigenvalue weighted by molar-refractivity contribution is -0.336.